The highest BCUT2D eigenvalue weighted by Crippen LogP contribution is 2.31. The molecule has 0 amide bonds. The Morgan fingerprint density at radius 1 is 1.32 bits per heavy atom. The van der Waals surface area contributed by atoms with E-state index in [1.165, 1.54) is 31.7 Å². The molecule has 1 saturated carbocycles. The highest BCUT2D eigenvalue weighted by atomic mass is 79.9. The van der Waals surface area contributed by atoms with Crippen molar-refractivity contribution in [2.24, 2.45) is 0 Å². The van der Waals surface area contributed by atoms with Gasteiger partial charge >= 0.3 is 0 Å². The standard InChI is InChI=1S/C15H20BrFN2/c16-15-11(3-1-5-14(15)17)9-19(13-6-7-13)10-12-4-2-8-18-12/h1,3,5,12-13,18H,2,4,6-10H2. The van der Waals surface area contributed by atoms with E-state index in [0.29, 0.717) is 16.6 Å². The molecule has 4 heteroatoms. The van der Waals surface area contributed by atoms with E-state index in [1.54, 1.807) is 6.07 Å². The summed E-state index contributed by atoms with van der Waals surface area (Å²) in [6.07, 6.45) is 5.14. The molecule has 1 atom stereocenters. The smallest absolute Gasteiger partial charge is 0.137 e. The summed E-state index contributed by atoms with van der Waals surface area (Å²) in [7, 11) is 0. The van der Waals surface area contributed by atoms with Gasteiger partial charge in [-0.3, -0.25) is 4.90 Å². The van der Waals surface area contributed by atoms with Crippen molar-refractivity contribution < 1.29 is 4.39 Å². The van der Waals surface area contributed by atoms with Crippen LogP contribution in [0.25, 0.3) is 0 Å². The molecule has 1 aliphatic heterocycles. The van der Waals surface area contributed by atoms with E-state index in [-0.39, 0.29) is 5.82 Å². The Bertz CT molecular complexity index is 442. The van der Waals surface area contributed by atoms with Gasteiger partial charge in [0.05, 0.1) is 4.47 Å². The summed E-state index contributed by atoms with van der Waals surface area (Å²) in [5, 5.41) is 3.55. The van der Waals surface area contributed by atoms with Crippen molar-refractivity contribution in [3.63, 3.8) is 0 Å². The Kier molecular flexibility index (Phi) is 4.20. The minimum absolute atomic E-state index is 0.160. The maximum absolute atomic E-state index is 13.6. The van der Waals surface area contributed by atoms with Crippen LogP contribution in [0.1, 0.15) is 31.2 Å². The fourth-order valence-electron chi connectivity index (χ4n) is 2.87. The molecule has 3 rings (SSSR count). The van der Waals surface area contributed by atoms with Crippen LogP contribution in [-0.2, 0) is 6.54 Å². The predicted molar refractivity (Wildman–Crippen MR) is 78.6 cm³/mol. The molecule has 2 fully saturated rings. The average molecular weight is 327 g/mol. The van der Waals surface area contributed by atoms with Crippen LogP contribution in [0, 0.1) is 5.82 Å². The lowest BCUT2D eigenvalue weighted by atomic mass is 10.1. The Labute approximate surface area is 122 Å². The van der Waals surface area contributed by atoms with Gasteiger partial charge in [-0.15, -0.1) is 0 Å². The number of nitrogens with zero attached hydrogens (tertiary/aromatic N) is 1. The predicted octanol–water partition coefficient (Wildman–Crippen LogP) is 3.30. The van der Waals surface area contributed by atoms with E-state index >= 15 is 0 Å². The zero-order valence-electron chi connectivity index (χ0n) is 11.0. The molecular weight excluding hydrogens is 307 g/mol. The second-order valence-electron chi connectivity index (χ2n) is 5.67. The van der Waals surface area contributed by atoms with Crippen LogP contribution in [0.5, 0.6) is 0 Å². The van der Waals surface area contributed by atoms with Crippen molar-refractivity contribution >= 4 is 15.9 Å². The Balaban J connectivity index is 1.68. The van der Waals surface area contributed by atoms with Gasteiger partial charge < -0.3 is 5.32 Å². The Morgan fingerprint density at radius 2 is 2.16 bits per heavy atom. The third-order valence-electron chi connectivity index (χ3n) is 4.09. The molecule has 1 aromatic rings. The molecule has 1 unspecified atom stereocenters. The first-order chi connectivity index (χ1) is 9.24. The Hall–Kier alpha value is -0.450. The van der Waals surface area contributed by atoms with Crippen LogP contribution in [0.15, 0.2) is 22.7 Å². The fourth-order valence-corrected chi connectivity index (χ4v) is 3.26. The van der Waals surface area contributed by atoms with Crippen LogP contribution < -0.4 is 5.32 Å². The lowest BCUT2D eigenvalue weighted by molar-refractivity contribution is 0.230. The number of hydrogen-bond donors (Lipinski definition) is 1. The first-order valence-electron chi connectivity index (χ1n) is 7.14. The zero-order valence-corrected chi connectivity index (χ0v) is 12.6. The summed E-state index contributed by atoms with van der Waals surface area (Å²) in [5.74, 6) is -0.160. The molecule has 2 nitrogen and oxygen atoms in total. The topological polar surface area (TPSA) is 15.3 Å². The van der Waals surface area contributed by atoms with E-state index in [1.807, 2.05) is 6.07 Å². The highest BCUT2D eigenvalue weighted by molar-refractivity contribution is 9.10. The summed E-state index contributed by atoms with van der Waals surface area (Å²) in [4.78, 5) is 2.52. The molecule has 2 aliphatic rings. The maximum Gasteiger partial charge on any atom is 0.137 e. The van der Waals surface area contributed by atoms with Crippen LogP contribution in [0.2, 0.25) is 0 Å². The molecule has 1 heterocycles. The van der Waals surface area contributed by atoms with E-state index in [9.17, 15) is 4.39 Å². The summed E-state index contributed by atoms with van der Waals surface area (Å²) in [6, 6.07) is 6.65. The lowest BCUT2D eigenvalue weighted by Gasteiger charge is -2.26. The normalized spacial score (nSPS) is 23.2. The minimum atomic E-state index is -0.160. The molecule has 0 radical (unpaired) electrons. The number of rotatable bonds is 5. The summed E-state index contributed by atoms with van der Waals surface area (Å²) >= 11 is 3.37. The molecule has 0 bridgehead atoms. The van der Waals surface area contributed by atoms with Gasteiger partial charge in [0, 0.05) is 25.2 Å². The Morgan fingerprint density at radius 3 is 2.84 bits per heavy atom. The SMILES string of the molecule is Fc1cccc(CN(CC2CCCN2)C2CC2)c1Br. The molecule has 1 aliphatic carbocycles. The van der Waals surface area contributed by atoms with E-state index in [4.69, 9.17) is 0 Å². The number of nitrogens with one attached hydrogen (secondary N) is 1. The van der Waals surface area contributed by atoms with Crippen molar-refractivity contribution in [1.29, 1.82) is 0 Å². The van der Waals surface area contributed by atoms with Crippen molar-refractivity contribution in [1.82, 2.24) is 10.2 Å². The molecule has 0 spiro atoms. The second-order valence-corrected chi connectivity index (χ2v) is 6.46. The third-order valence-corrected chi connectivity index (χ3v) is 4.97. The van der Waals surface area contributed by atoms with Gasteiger partial charge in [0.1, 0.15) is 5.82 Å². The largest absolute Gasteiger partial charge is 0.313 e. The zero-order chi connectivity index (χ0) is 13.2. The quantitative estimate of drug-likeness (QED) is 0.893. The molecule has 1 N–H and O–H groups in total. The first kappa shape index (κ1) is 13.5. The molecule has 1 saturated heterocycles. The summed E-state index contributed by atoms with van der Waals surface area (Å²) in [6.45, 7) is 3.08. The van der Waals surface area contributed by atoms with E-state index < -0.39 is 0 Å². The van der Waals surface area contributed by atoms with Crippen molar-refractivity contribution in [3.8, 4) is 0 Å². The number of hydrogen-bond acceptors (Lipinski definition) is 2. The second kappa shape index (κ2) is 5.90. The molecular formula is C15H20BrFN2. The number of benzene rings is 1. The molecule has 104 valence electrons. The minimum Gasteiger partial charge on any atom is -0.313 e. The average Bonchev–Trinajstić information content (AvgIpc) is 3.13. The van der Waals surface area contributed by atoms with E-state index in [2.05, 4.69) is 26.1 Å². The summed E-state index contributed by atoms with van der Waals surface area (Å²) < 4.78 is 14.2. The van der Waals surface area contributed by atoms with Crippen LogP contribution >= 0.6 is 15.9 Å². The first-order valence-corrected chi connectivity index (χ1v) is 7.93. The van der Waals surface area contributed by atoms with Crippen molar-refractivity contribution in [3.05, 3.63) is 34.1 Å². The summed E-state index contributed by atoms with van der Waals surface area (Å²) in [5.41, 5.74) is 1.06. The fraction of sp³-hybridized carbons (Fsp3) is 0.600. The van der Waals surface area contributed by atoms with Crippen LogP contribution in [0.3, 0.4) is 0 Å². The van der Waals surface area contributed by atoms with Gasteiger partial charge in [-0.2, -0.15) is 0 Å². The van der Waals surface area contributed by atoms with Crippen molar-refractivity contribution in [2.75, 3.05) is 13.1 Å². The van der Waals surface area contributed by atoms with Crippen LogP contribution in [0.4, 0.5) is 4.39 Å². The third kappa shape index (κ3) is 3.36. The lowest BCUT2D eigenvalue weighted by Crippen LogP contribution is -2.38. The molecule has 0 aromatic heterocycles. The molecule has 1 aromatic carbocycles. The van der Waals surface area contributed by atoms with Gasteiger partial charge in [-0.05, 0) is 59.8 Å². The van der Waals surface area contributed by atoms with Gasteiger partial charge in [-0.1, -0.05) is 12.1 Å². The highest BCUT2D eigenvalue weighted by Gasteiger charge is 2.31. The van der Waals surface area contributed by atoms with Crippen LogP contribution in [-0.4, -0.2) is 30.1 Å². The monoisotopic (exact) mass is 326 g/mol. The van der Waals surface area contributed by atoms with Gasteiger partial charge in [0.25, 0.3) is 0 Å². The number of halogens is 2. The van der Waals surface area contributed by atoms with Crippen molar-refractivity contribution in [2.45, 2.75) is 44.3 Å². The maximum atomic E-state index is 13.6. The van der Waals surface area contributed by atoms with E-state index in [0.717, 1.165) is 25.2 Å². The van der Waals surface area contributed by atoms with Gasteiger partial charge in [0.15, 0.2) is 0 Å². The van der Waals surface area contributed by atoms with Gasteiger partial charge in [-0.25, -0.2) is 4.39 Å². The molecule has 19 heavy (non-hydrogen) atoms. The van der Waals surface area contributed by atoms with Gasteiger partial charge in [0.2, 0.25) is 0 Å².